The van der Waals surface area contributed by atoms with Crippen molar-refractivity contribution in [2.24, 2.45) is 11.7 Å². The minimum absolute atomic E-state index is 0. The molecule has 0 aliphatic heterocycles. The van der Waals surface area contributed by atoms with Gasteiger partial charge in [0.1, 0.15) is 5.75 Å². The summed E-state index contributed by atoms with van der Waals surface area (Å²) in [6, 6.07) is 14.7. The summed E-state index contributed by atoms with van der Waals surface area (Å²) in [6.07, 6.45) is 0. The Balaban J connectivity index is 0.00000312. The van der Waals surface area contributed by atoms with Gasteiger partial charge in [0.15, 0.2) is 0 Å². The van der Waals surface area contributed by atoms with Crippen molar-refractivity contribution in [2.75, 3.05) is 14.2 Å². The zero-order valence-corrected chi connectivity index (χ0v) is 16.2. The van der Waals surface area contributed by atoms with Crippen molar-refractivity contribution in [3.8, 4) is 5.75 Å². The van der Waals surface area contributed by atoms with Gasteiger partial charge in [-0.2, -0.15) is 0 Å². The maximum atomic E-state index is 12.7. The average Bonchev–Trinajstić information content (AvgIpc) is 2.60. The highest BCUT2D eigenvalue weighted by Crippen LogP contribution is 2.26. The lowest BCUT2D eigenvalue weighted by Gasteiger charge is -2.26. The van der Waals surface area contributed by atoms with E-state index in [-0.39, 0.29) is 30.3 Å². The van der Waals surface area contributed by atoms with E-state index in [1.54, 1.807) is 31.2 Å². The van der Waals surface area contributed by atoms with Gasteiger partial charge in [-0.3, -0.25) is 4.79 Å². The quantitative estimate of drug-likeness (QED) is 0.818. The minimum atomic E-state index is -0.345. The molecule has 1 amide bonds. The molecule has 0 bridgehead atoms. The van der Waals surface area contributed by atoms with E-state index >= 15 is 0 Å². The molecular formula is C19H24Cl2N2O2. The first kappa shape index (κ1) is 21.3. The standard InChI is InChI=1S/C19H23ClN2O2.ClH/c1-13(18(21)14-7-5-4-6-8-14)19(23)22(2)12-15-11-16(20)9-10-17(15)24-3;/h4-11,13,18H,12,21H2,1-3H3;1H. The molecule has 0 spiro atoms. The van der Waals surface area contributed by atoms with Crippen LogP contribution < -0.4 is 10.5 Å². The smallest absolute Gasteiger partial charge is 0.227 e. The number of benzene rings is 2. The predicted octanol–water partition coefficient (Wildman–Crippen LogP) is 4.06. The molecule has 0 aromatic heterocycles. The third kappa shape index (κ3) is 5.36. The van der Waals surface area contributed by atoms with Crippen LogP contribution in [0.2, 0.25) is 5.02 Å². The van der Waals surface area contributed by atoms with Crippen molar-refractivity contribution in [3.63, 3.8) is 0 Å². The van der Waals surface area contributed by atoms with Crippen molar-refractivity contribution >= 4 is 29.9 Å². The van der Waals surface area contributed by atoms with Crippen molar-refractivity contribution in [3.05, 3.63) is 64.7 Å². The Bertz CT molecular complexity index is 695. The lowest BCUT2D eigenvalue weighted by molar-refractivity contribution is -0.134. The van der Waals surface area contributed by atoms with Gasteiger partial charge >= 0.3 is 0 Å². The fourth-order valence-electron chi connectivity index (χ4n) is 2.67. The van der Waals surface area contributed by atoms with Crippen molar-refractivity contribution in [1.82, 2.24) is 4.90 Å². The average molecular weight is 383 g/mol. The first-order valence-corrected chi connectivity index (χ1v) is 8.19. The van der Waals surface area contributed by atoms with Gasteiger partial charge in [-0.05, 0) is 23.8 Å². The van der Waals surface area contributed by atoms with Crippen LogP contribution in [0.3, 0.4) is 0 Å². The van der Waals surface area contributed by atoms with Crippen LogP contribution in [0.5, 0.6) is 5.75 Å². The van der Waals surface area contributed by atoms with Crippen LogP contribution in [-0.2, 0) is 11.3 Å². The van der Waals surface area contributed by atoms with Crippen molar-refractivity contribution < 1.29 is 9.53 Å². The Labute approximate surface area is 160 Å². The lowest BCUT2D eigenvalue weighted by atomic mass is 9.94. The second-order valence-electron chi connectivity index (χ2n) is 5.88. The zero-order chi connectivity index (χ0) is 17.7. The van der Waals surface area contributed by atoms with Crippen LogP contribution in [0.4, 0.5) is 0 Å². The number of hydrogen-bond acceptors (Lipinski definition) is 3. The highest BCUT2D eigenvalue weighted by atomic mass is 35.5. The Morgan fingerprint density at radius 2 is 1.88 bits per heavy atom. The summed E-state index contributed by atoms with van der Waals surface area (Å²) >= 11 is 6.05. The van der Waals surface area contributed by atoms with Crippen LogP contribution in [-0.4, -0.2) is 25.0 Å². The Hall–Kier alpha value is -1.75. The molecule has 136 valence electrons. The van der Waals surface area contributed by atoms with Crippen LogP contribution in [0, 0.1) is 5.92 Å². The number of carbonyl (C=O) groups excluding carboxylic acids is 1. The number of amides is 1. The molecule has 2 unspecified atom stereocenters. The lowest BCUT2D eigenvalue weighted by Crippen LogP contribution is -2.36. The molecule has 2 aromatic carbocycles. The number of nitrogens with two attached hydrogens (primary N) is 1. The molecule has 2 N–H and O–H groups in total. The molecular weight excluding hydrogens is 359 g/mol. The van der Waals surface area contributed by atoms with Crippen LogP contribution >= 0.6 is 24.0 Å². The number of halogens is 2. The number of nitrogens with zero attached hydrogens (tertiary/aromatic N) is 1. The number of hydrogen-bond donors (Lipinski definition) is 1. The highest BCUT2D eigenvalue weighted by Gasteiger charge is 2.25. The number of methoxy groups -OCH3 is 1. The number of carbonyl (C=O) groups is 1. The summed E-state index contributed by atoms with van der Waals surface area (Å²) in [5.74, 6) is 0.357. The molecule has 2 rings (SSSR count). The maximum absolute atomic E-state index is 12.7. The molecule has 6 heteroatoms. The van der Waals surface area contributed by atoms with Crippen LogP contribution in [0.25, 0.3) is 0 Å². The van der Waals surface area contributed by atoms with E-state index in [0.29, 0.717) is 17.3 Å². The molecule has 2 aromatic rings. The summed E-state index contributed by atoms with van der Waals surface area (Å²) in [5.41, 5.74) is 8.07. The molecule has 25 heavy (non-hydrogen) atoms. The van der Waals surface area contributed by atoms with Crippen molar-refractivity contribution in [1.29, 1.82) is 0 Å². The van der Waals surface area contributed by atoms with E-state index in [1.807, 2.05) is 43.3 Å². The van der Waals surface area contributed by atoms with Crippen molar-refractivity contribution in [2.45, 2.75) is 19.5 Å². The Kier molecular flexibility index (Phi) is 8.23. The number of rotatable bonds is 6. The molecule has 0 fully saturated rings. The summed E-state index contributed by atoms with van der Waals surface area (Å²) in [5, 5.41) is 0.612. The van der Waals surface area contributed by atoms with Gasteiger partial charge < -0.3 is 15.4 Å². The molecule has 0 radical (unpaired) electrons. The Morgan fingerprint density at radius 1 is 1.24 bits per heavy atom. The van der Waals surface area contributed by atoms with E-state index in [9.17, 15) is 4.79 Å². The molecule has 0 aliphatic carbocycles. The third-order valence-corrected chi connectivity index (χ3v) is 4.37. The maximum Gasteiger partial charge on any atom is 0.227 e. The van der Waals surface area contributed by atoms with Gasteiger partial charge in [-0.1, -0.05) is 48.9 Å². The summed E-state index contributed by atoms with van der Waals surface area (Å²) in [4.78, 5) is 14.4. The predicted molar refractivity (Wildman–Crippen MR) is 104 cm³/mol. The normalized spacial score (nSPS) is 12.7. The topological polar surface area (TPSA) is 55.6 Å². The van der Waals surface area contributed by atoms with Gasteiger partial charge in [0, 0.05) is 30.2 Å². The van der Waals surface area contributed by atoms with E-state index in [2.05, 4.69) is 0 Å². The second kappa shape index (κ2) is 9.66. The largest absolute Gasteiger partial charge is 0.496 e. The first-order valence-electron chi connectivity index (χ1n) is 7.82. The van der Waals surface area contributed by atoms with Gasteiger partial charge in [0.25, 0.3) is 0 Å². The molecule has 0 saturated carbocycles. The van der Waals surface area contributed by atoms with Gasteiger partial charge in [-0.25, -0.2) is 0 Å². The molecule has 4 nitrogen and oxygen atoms in total. The SMILES string of the molecule is COc1ccc(Cl)cc1CN(C)C(=O)C(C)C(N)c1ccccc1.Cl. The van der Waals surface area contributed by atoms with E-state index < -0.39 is 0 Å². The van der Waals surface area contributed by atoms with E-state index in [0.717, 1.165) is 11.1 Å². The third-order valence-electron chi connectivity index (χ3n) is 4.14. The molecule has 0 saturated heterocycles. The Morgan fingerprint density at radius 3 is 2.48 bits per heavy atom. The highest BCUT2D eigenvalue weighted by molar-refractivity contribution is 6.30. The molecule has 0 heterocycles. The summed E-state index contributed by atoms with van der Waals surface area (Å²) in [7, 11) is 3.36. The van der Waals surface area contributed by atoms with Gasteiger partial charge in [0.2, 0.25) is 5.91 Å². The van der Waals surface area contributed by atoms with E-state index in [4.69, 9.17) is 22.1 Å². The molecule has 2 atom stereocenters. The minimum Gasteiger partial charge on any atom is -0.496 e. The van der Waals surface area contributed by atoms with Gasteiger partial charge in [-0.15, -0.1) is 12.4 Å². The summed E-state index contributed by atoms with van der Waals surface area (Å²) < 4.78 is 5.34. The molecule has 0 aliphatic rings. The second-order valence-corrected chi connectivity index (χ2v) is 6.31. The fraction of sp³-hybridized carbons (Fsp3) is 0.316. The number of ether oxygens (including phenoxy) is 1. The fourth-order valence-corrected chi connectivity index (χ4v) is 2.86. The summed E-state index contributed by atoms with van der Waals surface area (Å²) in [6.45, 7) is 2.26. The van der Waals surface area contributed by atoms with Gasteiger partial charge in [0.05, 0.1) is 13.0 Å². The van der Waals surface area contributed by atoms with Crippen LogP contribution in [0.1, 0.15) is 24.1 Å². The monoisotopic (exact) mass is 382 g/mol. The zero-order valence-electron chi connectivity index (χ0n) is 14.6. The first-order chi connectivity index (χ1) is 11.4. The van der Waals surface area contributed by atoms with E-state index in [1.165, 1.54) is 0 Å². The van der Waals surface area contributed by atoms with Crippen LogP contribution in [0.15, 0.2) is 48.5 Å².